The molecule has 2 aliphatic carbocycles. The normalized spacial score (nSPS) is 46.1. The van der Waals surface area contributed by atoms with Crippen LogP contribution in [0.15, 0.2) is 0 Å². The van der Waals surface area contributed by atoms with Crippen LogP contribution in [0.3, 0.4) is 0 Å². The van der Waals surface area contributed by atoms with Gasteiger partial charge in [0.1, 0.15) is 5.60 Å². The fourth-order valence-electron chi connectivity index (χ4n) is 4.65. The third kappa shape index (κ3) is 2.26. The van der Waals surface area contributed by atoms with E-state index in [1.165, 1.54) is 25.7 Å². The van der Waals surface area contributed by atoms with Crippen molar-refractivity contribution >= 4 is 21.9 Å². The Hall–Kier alpha value is -0.0500. The quantitative estimate of drug-likeness (QED) is 0.559. The summed E-state index contributed by atoms with van der Waals surface area (Å²) in [5.74, 6) is 0.748. The number of esters is 1. The van der Waals surface area contributed by atoms with E-state index in [9.17, 15) is 4.79 Å². The molecule has 0 spiro atoms. The highest BCUT2D eigenvalue weighted by Gasteiger charge is 2.58. The molecular formula is C16H25BrO2. The first kappa shape index (κ1) is 13.9. The summed E-state index contributed by atoms with van der Waals surface area (Å²) in [6.07, 6.45) is 11.4. The molecular weight excluding hydrogens is 304 g/mol. The van der Waals surface area contributed by atoms with Crippen LogP contribution in [0.2, 0.25) is 0 Å². The largest absolute Gasteiger partial charge is 0.458 e. The van der Waals surface area contributed by atoms with Gasteiger partial charge in [-0.15, -0.1) is 0 Å². The predicted molar refractivity (Wildman–Crippen MR) is 79.3 cm³/mol. The van der Waals surface area contributed by atoms with E-state index in [0.717, 1.165) is 38.5 Å². The predicted octanol–water partition coefficient (Wildman–Crippen LogP) is 4.60. The molecule has 4 aliphatic rings. The molecule has 4 rings (SSSR count). The van der Waals surface area contributed by atoms with Crippen molar-refractivity contribution in [1.29, 1.82) is 0 Å². The lowest BCUT2D eigenvalue weighted by atomic mass is 9.59. The Morgan fingerprint density at radius 3 is 2.32 bits per heavy atom. The monoisotopic (exact) mass is 328 g/mol. The number of ether oxygens (including phenoxy) is 1. The standard InChI is InChI=1S/C16H25BrO2/c1-2-7-15-8-10-16(11-9-15,19-14(15)18)12-3-5-13(17)6-4-12/h12-13H,2-11H2,1H3. The average molecular weight is 329 g/mol. The molecule has 0 aromatic rings. The second-order valence-corrected chi connectivity index (χ2v) is 8.23. The van der Waals surface area contributed by atoms with Gasteiger partial charge in [-0.2, -0.15) is 0 Å². The Bertz CT molecular complexity index is 350. The Balaban J connectivity index is 1.73. The molecule has 0 aromatic carbocycles. The van der Waals surface area contributed by atoms with Gasteiger partial charge in [0, 0.05) is 4.83 Å². The highest BCUT2D eigenvalue weighted by molar-refractivity contribution is 9.09. The van der Waals surface area contributed by atoms with Gasteiger partial charge >= 0.3 is 5.97 Å². The third-order valence-electron chi connectivity index (χ3n) is 5.91. The van der Waals surface area contributed by atoms with Crippen LogP contribution in [-0.2, 0) is 9.53 Å². The summed E-state index contributed by atoms with van der Waals surface area (Å²) < 4.78 is 6.05. The zero-order valence-electron chi connectivity index (χ0n) is 11.9. The molecule has 0 unspecified atom stereocenters. The molecule has 2 nitrogen and oxygen atoms in total. The summed E-state index contributed by atoms with van der Waals surface area (Å²) in [4.78, 5) is 13.1. The molecule has 108 valence electrons. The van der Waals surface area contributed by atoms with Crippen molar-refractivity contribution in [3.05, 3.63) is 0 Å². The molecule has 2 saturated heterocycles. The number of hydrogen-bond acceptors (Lipinski definition) is 2. The number of alkyl halides is 1. The van der Waals surface area contributed by atoms with Crippen LogP contribution in [0.25, 0.3) is 0 Å². The number of halogens is 1. The fourth-order valence-corrected chi connectivity index (χ4v) is 5.18. The fraction of sp³-hybridized carbons (Fsp3) is 0.938. The second kappa shape index (κ2) is 5.05. The molecule has 0 radical (unpaired) electrons. The summed E-state index contributed by atoms with van der Waals surface area (Å²) in [6, 6.07) is 0. The summed E-state index contributed by atoms with van der Waals surface area (Å²) in [5.41, 5.74) is -0.192. The van der Waals surface area contributed by atoms with Crippen molar-refractivity contribution in [1.82, 2.24) is 0 Å². The summed E-state index contributed by atoms with van der Waals surface area (Å²) in [6.45, 7) is 2.18. The van der Waals surface area contributed by atoms with E-state index in [1.807, 2.05) is 0 Å². The van der Waals surface area contributed by atoms with E-state index in [2.05, 4.69) is 22.9 Å². The molecule has 2 bridgehead atoms. The van der Waals surface area contributed by atoms with Gasteiger partial charge in [-0.05, 0) is 63.7 Å². The van der Waals surface area contributed by atoms with Gasteiger partial charge in [-0.25, -0.2) is 0 Å². The van der Waals surface area contributed by atoms with E-state index in [-0.39, 0.29) is 17.0 Å². The van der Waals surface area contributed by atoms with Crippen LogP contribution in [0, 0.1) is 11.3 Å². The van der Waals surface area contributed by atoms with E-state index >= 15 is 0 Å². The molecule has 2 heterocycles. The second-order valence-electron chi connectivity index (χ2n) is 6.93. The Morgan fingerprint density at radius 1 is 1.16 bits per heavy atom. The van der Waals surface area contributed by atoms with E-state index in [4.69, 9.17) is 4.74 Å². The van der Waals surface area contributed by atoms with Gasteiger partial charge in [0.15, 0.2) is 0 Å². The van der Waals surface area contributed by atoms with Crippen LogP contribution in [-0.4, -0.2) is 16.4 Å². The topological polar surface area (TPSA) is 26.3 Å². The zero-order chi connectivity index (χ0) is 13.5. The molecule has 0 N–H and O–H groups in total. The number of carbonyl (C=O) groups is 1. The minimum atomic E-state index is -0.108. The minimum absolute atomic E-state index is 0.0836. The first-order valence-electron chi connectivity index (χ1n) is 7.98. The van der Waals surface area contributed by atoms with Gasteiger partial charge in [-0.1, -0.05) is 29.3 Å². The average Bonchev–Trinajstić information content (AvgIpc) is 2.42. The number of fused-ring (bicyclic) bond motifs is 3. The summed E-state index contributed by atoms with van der Waals surface area (Å²) in [7, 11) is 0. The smallest absolute Gasteiger partial charge is 0.312 e. The van der Waals surface area contributed by atoms with Crippen molar-refractivity contribution in [3.63, 3.8) is 0 Å². The first-order valence-corrected chi connectivity index (χ1v) is 8.89. The molecule has 0 amide bonds. The SMILES string of the molecule is CCCC12CCC(C3CCC(Br)CC3)(CC1)OC2=O. The Kier molecular flexibility index (Phi) is 3.70. The third-order valence-corrected chi connectivity index (χ3v) is 6.83. The van der Waals surface area contributed by atoms with E-state index < -0.39 is 0 Å². The minimum Gasteiger partial charge on any atom is -0.458 e. The van der Waals surface area contributed by atoms with Crippen molar-refractivity contribution in [2.75, 3.05) is 0 Å². The lowest BCUT2D eigenvalue weighted by Crippen LogP contribution is -2.58. The molecule has 2 aliphatic heterocycles. The van der Waals surface area contributed by atoms with Gasteiger partial charge in [0.05, 0.1) is 5.41 Å². The van der Waals surface area contributed by atoms with Crippen LogP contribution in [0.1, 0.15) is 71.1 Å². The maximum absolute atomic E-state index is 12.4. The van der Waals surface area contributed by atoms with Gasteiger partial charge in [-0.3, -0.25) is 4.79 Å². The molecule has 4 fully saturated rings. The van der Waals surface area contributed by atoms with Gasteiger partial charge < -0.3 is 4.74 Å². The number of hydrogen-bond donors (Lipinski definition) is 0. The molecule has 19 heavy (non-hydrogen) atoms. The lowest BCUT2D eigenvalue weighted by Gasteiger charge is -2.55. The van der Waals surface area contributed by atoms with Crippen molar-refractivity contribution < 1.29 is 9.53 Å². The Morgan fingerprint density at radius 2 is 1.79 bits per heavy atom. The lowest BCUT2D eigenvalue weighted by molar-refractivity contribution is -0.217. The summed E-state index contributed by atoms with van der Waals surface area (Å²) >= 11 is 3.72. The molecule has 3 heteroatoms. The van der Waals surface area contributed by atoms with Crippen molar-refractivity contribution in [2.24, 2.45) is 11.3 Å². The highest BCUT2D eigenvalue weighted by atomic mass is 79.9. The van der Waals surface area contributed by atoms with Gasteiger partial charge in [0.2, 0.25) is 0 Å². The van der Waals surface area contributed by atoms with Crippen molar-refractivity contribution in [3.8, 4) is 0 Å². The van der Waals surface area contributed by atoms with Crippen LogP contribution < -0.4 is 0 Å². The number of carbonyl (C=O) groups excluding carboxylic acids is 1. The molecule has 2 saturated carbocycles. The maximum atomic E-state index is 12.4. The van der Waals surface area contributed by atoms with Crippen LogP contribution in [0.5, 0.6) is 0 Å². The van der Waals surface area contributed by atoms with Crippen LogP contribution >= 0.6 is 15.9 Å². The van der Waals surface area contributed by atoms with Gasteiger partial charge in [0.25, 0.3) is 0 Å². The first-order chi connectivity index (χ1) is 9.10. The molecule has 0 atom stereocenters. The zero-order valence-corrected chi connectivity index (χ0v) is 13.5. The van der Waals surface area contributed by atoms with Crippen LogP contribution in [0.4, 0.5) is 0 Å². The highest BCUT2D eigenvalue weighted by Crippen LogP contribution is 2.56. The summed E-state index contributed by atoms with van der Waals surface area (Å²) in [5, 5.41) is 0. The molecule has 0 aromatic heterocycles. The Labute approximate surface area is 124 Å². The van der Waals surface area contributed by atoms with E-state index in [0.29, 0.717) is 10.7 Å². The van der Waals surface area contributed by atoms with E-state index in [1.54, 1.807) is 0 Å². The number of rotatable bonds is 3. The van der Waals surface area contributed by atoms with Crippen molar-refractivity contribution in [2.45, 2.75) is 81.6 Å². The maximum Gasteiger partial charge on any atom is 0.312 e.